The maximum atomic E-state index is 13.3. The van der Waals surface area contributed by atoms with Gasteiger partial charge in [0.25, 0.3) is 0 Å². The molecule has 1 fully saturated rings. The second-order valence-electron chi connectivity index (χ2n) is 4.33. The number of halogens is 2. The molecule has 0 bridgehead atoms. The van der Waals surface area contributed by atoms with Crippen molar-refractivity contribution in [1.82, 2.24) is 5.32 Å². The molecule has 2 rings (SSSR count). The van der Waals surface area contributed by atoms with Crippen LogP contribution in [0.25, 0.3) is 0 Å². The zero-order valence-electron chi connectivity index (χ0n) is 9.72. The van der Waals surface area contributed by atoms with Gasteiger partial charge >= 0.3 is 0 Å². The normalized spacial score (nSPS) is 20.5. The molecule has 0 saturated carbocycles. The van der Waals surface area contributed by atoms with Crippen LogP contribution in [-0.4, -0.2) is 17.5 Å². The summed E-state index contributed by atoms with van der Waals surface area (Å²) in [5.41, 5.74) is 0.408. The fourth-order valence-electron chi connectivity index (χ4n) is 2.02. The molecular formula is C13H17F2NS. The Balaban J connectivity index is 1.79. The molecule has 1 nitrogen and oxygen atoms in total. The maximum Gasteiger partial charge on any atom is 0.163 e. The monoisotopic (exact) mass is 257 g/mol. The molecule has 1 saturated heterocycles. The summed E-state index contributed by atoms with van der Waals surface area (Å²) in [4.78, 5) is 0. The molecule has 1 heterocycles. The van der Waals surface area contributed by atoms with Crippen molar-refractivity contribution in [3.63, 3.8) is 0 Å². The summed E-state index contributed by atoms with van der Waals surface area (Å²) in [6, 6.07) is 4.32. The molecule has 0 aromatic heterocycles. The average Bonchev–Trinajstić information content (AvgIpc) is 2.36. The van der Waals surface area contributed by atoms with E-state index in [0.29, 0.717) is 17.4 Å². The van der Waals surface area contributed by atoms with Crippen molar-refractivity contribution in [1.29, 1.82) is 0 Å². The summed E-state index contributed by atoms with van der Waals surface area (Å²) in [5.74, 6) is -0.270. The number of nitrogens with one attached hydrogen (secondary N) is 1. The lowest BCUT2D eigenvalue weighted by Gasteiger charge is -2.21. The first kappa shape index (κ1) is 12.8. The first-order chi connectivity index (χ1) is 8.27. The van der Waals surface area contributed by atoms with Gasteiger partial charge in [-0.2, -0.15) is 11.8 Å². The van der Waals surface area contributed by atoms with Gasteiger partial charge in [0.15, 0.2) is 11.6 Å². The molecule has 17 heavy (non-hydrogen) atoms. The predicted octanol–water partition coefficient (Wildman–Crippen LogP) is 3.34. The Kier molecular flexibility index (Phi) is 4.80. The number of hydrogen-bond acceptors (Lipinski definition) is 2. The van der Waals surface area contributed by atoms with Gasteiger partial charge < -0.3 is 5.32 Å². The molecule has 4 heteroatoms. The number of rotatable bonds is 4. The first-order valence-electron chi connectivity index (χ1n) is 6.02. The number of thioether (sulfide) groups is 1. The lowest BCUT2D eigenvalue weighted by Crippen LogP contribution is -2.26. The van der Waals surface area contributed by atoms with Crippen molar-refractivity contribution in [3.8, 4) is 0 Å². The fraction of sp³-hybridized carbons (Fsp3) is 0.538. The van der Waals surface area contributed by atoms with E-state index in [4.69, 9.17) is 0 Å². The minimum Gasteiger partial charge on any atom is -0.311 e. The van der Waals surface area contributed by atoms with E-state index in [1.165, 1.54) is 25.0 Å². The predicted molar refractivity (Wildman–Crippen MR) is 68.2 cm³/mol. The van der Waals surface area contributed by atoms with Crippen LogP contribution in [-0.2, 0) is 6.54 Å². The lowest BCUT2D eigenvalue weighted by atomic mass is 10.1. The maximum absolute atomic E-state index is 13.3. The zero-order chi connectivity index (χ0) is 12.1. The first-order valence-corrected chi connectivity index (χ1v) is 7.07. The Morgan fingerprint density at radius 1 is 1.29 bits per heavy atom. The summed E-state index contributed by atoms with van der Waals surface area (Å²) >= 11 is 1.98. The molecule has 1 atom stereocenters. The molecule has 0 amide bonds. The van der Waals surface area contributed by atoms with E-state index in [0.717, 1.165) is 12.6 Å². The van der Waals surface area contributed by atoms with E-state index in [9.17, 15) is 8.78 Å². The van der Waals surface area contributed by atoms with Gasteiger partial charge in [0, 0.05) is 23.9 Å². The largest absolute Gasteiger partial charge is 0.311 e. The highest BCUT2D eigenvalue weighted by Crippen LogP contribution is 2.24. The highest BCUT2D eigenvalue weighted by molar-refractivity contribution is 7.99. The fourth-order valence-corrected chi connectivity index (χ4v) is 3.29. The summed E-state index contributed by atoms with van der Waals surface area (Å²) < 4.78 is 26.3. The van der Waals surface area contributed by atoms with Crippen LogP contribution >= 0.6 is 11.8 Å². The van der Waals surface area contributed by atoms with Crippen LogP contribution in [0.2, 0.25) is 0 Å². The van der Waals surface area contributed by atoms with Gasteiger partial charge in [-0.3, -0.25) is 0 Å². The SMILES string of the molecule is Fc1cccc(CNCC2CCCCS2)c1F. The highest BCUT2D eigenvalue weighted by atomic mass is 32.2. The average molecular weight is 257 g/mol. The molecule has 0 radical (unpaired) electrons. The number of hydrogen-bond donors (Lipinski definition) is 1. The zero-order valence-corrected chi connectivity index (χ0v) is 10.5. The molecule has 0 aliphatic carbocycles. The number of benzene rings is 1. The Labute approximate surface area is 105 Å². The Bertz CT molecular complexity index is 364. The van der Waals surface area contributed by atoms with Crippen molar-refractivity contribution in [2.24, 2.45) is 0 Å². The topological polar surface area (TPSA) is 12.0 Å². The highest BCUT2D eigenvalue weighted by Gasteiger charge is 2.13. The van der Waals surface area contributed by atoms with Gasteiger partial charge in [-0.05, 0) is 24.7 Å². The van der Waals surface area contributed by atoms with Crippen molar-refractivity contribution in [2.75, 3.05) is 12.3 Å². The van der Waals surface area contributed by atoms with E-state index in [1.54, 1.807) is 12.1 Å². The molecule has 1 aliphatic rings. The van der Waals surface area contributed by atoms with Crippen LogP contribution in [0.5, 0.6) is 0 Å². The van der Waals surface area contributed by atoms with Crippen LogP contribution in [0.4, 0.5) is 8.78 Å². The van der Waals surface area contributed by atoms with Crippen molar-refractivity contribution in [2.45, 2.75) is 31.1 Å². The molecular weight excluding hydrogens is 240 g/mol. The summed E-state index contributed by atoms with van der Waals surface area (Å²) in [5, 5.41) is 3.84. The molecule has 1 unspecified atom stereocenters. The Morgan fingerprint density at radius 2 is 2.18 bits per heavy atom. The van der Waals surface area contributed by atoms with Crippen LogP contribution in [0.3, 0.4) is 0 Å². The van der Waals surface area contributed by atoms with E-state index >= 15 is 0 Å². The minimum absolute atomic E-state index is 0.403. The second kappa shape index (κ2) is 6.36. The van der Waals surface area contributed by atoms with Crippen LogP contribution in [0.15, 0.2) is 18.2 Å². The molecule has 1 N–H and O–H groups in total. The molecule has 1 aromatic carbocycles. The van der Waals surface area contributed by atoms with Gasteiger partial charge in [0.2, 0.25) is 0 Å². The quantitative estimate of drug-likeness (QED) is 0.888. The Morgan fingerprint density at radius 3 is 2.94 bits per heavy atom. The molecule has 0 spiro atoms. The summed E-state index contributed by atoms with van der Waals surface area (Å²) in [6.45, 7) is 1.28. The Hall–Kier alpha value is -0.610. The third kappa shape index (κ3) is 3.68. The smallest absolute Gasteiger partial charge is 0.163 e. The molecule has 1 aromatic rings. The van der Waals surface area contributed by atoms with Gasteiger partial charge in [0.1, 0.15) is 0 Å². The minimum atomic E-state index is -0.767. The van der Waals surface area contributed by atoms with Crippen LogP contribution < -0.4 is 5.32 Å². The summed E-state index contributed by atoms with van der Waals surface area (Å²) in [6.07, 6.45) is 3.82. The van der Waals surface area contributed by atoms with Crippen molar-refractivity contribution in [3.05, 3.63) is 35.4 Å². The molecule has 94 valence electrons. The van der Waals surface area contributed by atoms with Crippen LogP contribution in [0.1, 0.15) is 24.8 Å². The third-order valence-electron chi connectivity index (χ3n) is 2.99. The standard InChI is InChI=1S/C13H17F2NS/c14-12-6-3-4-10(13(12)15)8-16-9-11-5-1-2-7-17-11/h3-4,6,11,16H,1-2,5,7-9H2. The third-order valence-corrected chi connectivity index (χ3v) is 4.39. The van der Waals surface area contributed by atoms with E-state index < -0.39 is 11.6 Å². The summed E-state index contributed by atoms with van der Waals surface area (Å²) in [7, 11) is 0. The van der Waals surface area contributed by atoms with Crippen molar-refractivity contribution >= 4 is 11.8 Å². The van der Waals surface area contributed by atoms with Crippen LogP contribution in [0, 0.1) is 11.6 Å². The van der Waals surface area contributed by atoms with Gasteiger partial charge in [-0.25, -0.2) is 8.78 Å². The van der Waals surface area contributed by atoms with E-state index in [1.807, 2.05) is 11.8 Å². The van der Waals surface area contributed by atoms with Gasteiger partial charge in [0.05, 0.1) is 0 Å². The lowest BCUT2D eigenvalue weighted by molar-refractivity contribution is 0.491. The van der Waals surface area contributed by atoms with Gasteiger partial charge in [-0.1, -0.05) is 18.6 Å². The van der Waals surface area contributed by atoms with E-state index in [-0.39, 0.29) is 0 Å². The van der Waals surface area contributed by atoms with Gasteiger partial charge in [-0.15, -0.1) is 0 Å². The van der Waals surface area contributed by atoms with Crippen molar-refractivity contribution < 1.29 is 8.78 Å². The van der Waals surface area contributed by atoms with E-state index in [2.05, 4.69) is 5.32 Å². The second-order valence-corrected chi connectivity index (χ2v) is 5.74. The molecule has 1 aliphatic heterocycles.